The summed E-state index contributed by atoms with van der Waals surface area (Å²) in [5.74, 6) is -0.620. The highest BCUT2D eigenvalue weighted by molar-refractivity contribution is 6.01. The lowest BCUT2D eigenvalue weighted by Gasteiger charge is -2.01. The maximum absolute atomic E-state index is 13.3. The van der Waals surface area contributed by atoms with Crippen molar-refractivity contribution in [2.75, 3.05) is 5.32 Å². The summed E-state index contributed by atoms with van der Waals surface area (Å²) in [6, 6.07) is 12.3. The minimum absolute atomic E-state index is 0.125. The molecule has 2 N–H and O–H groups in total. The first-order valence-corrected chi connectivity index (χ1v) is 5.68. The summed E-state index contributed by atoms with van der Waals surface area (Å²) < 4.78 is 13.3. The van der Waals surface area contributed by atoms with Gasteiger partial charge in [-0.1, -0.05) is 18.2 Å². The number of phenolic OH excluding ortho intramolecular Hbond substituents is 1. The van der Waals surface area contributed by atoms with Crippen LogP contribution in [-0.2, 0) is 4.79 Å². The third-order valence-corrected chi connectivity index (χ3v) is 2.45. The van der Waals surface area contributed by atoms with E-state index in [9.17, 15) is 9.18 Å². The molecule has 2 aromatic carbocycles. The molecule has 0 aliphatic carbocycles. The van der Waals surface area contributed by atoms with E-state index >= 15 is 0 Å². The summed E-state index contributed by atoms with van der Waals surface area (Å²) in [5.41, 5.74) is 0.907. The second-order valence-electron chi connectivity index (χ2n) is 3.89. The Morgan fingerprint density at radius 2 is 1.79 bits per heavy atom. The van der Waals surface area contributed by atoms with Crippen molar-refractivity contribution in [2.45, 2.75) is 0 Å². The number of hydrogen-bond acceptors (Lipinski definition) is 2. The summed E-state index contributed by atoms with van der Waals surface area (Å²) in [7, 11) is 0. The van der Waals surface area contributed by atoms with Gasteiger partial charge in [-0.15, -0.1) is 0 Å². The number of aromatic hydroxyl groups is 1. The molecule has 0 fully saturated rings. The molecule has 0 radical (unpaired) electrons. The molecule has 0 spiro atoms. The molecular weight excluding hydrogens is 245 g/mol. The number of hydrogen-bond donors (Lipinski definition) is 2. The van der Waals surface area contributed by atoms with Crippen LogP contribution in [0, 0.1) is 5.82 Å². The Morgan fingerprint density at radius 1 is 1.11 bits per heavy atom. The number of halogens is 1. The molecule has 0 unspecified atom stereocenters. The molecule has 96 valence electrons. The van der Waals surface area contributed by atoms with Gasteiger partial charge in [-0.2, -0.15) is 0 Å². The standard InChI is InChI=1S/C15H12FNO2/c16-14-4-2-1-3-11(14)5-10-15(19)17-12-6-8-13(18)9-7-12/h1-10,18H,(H,17,19)/b10-5+. The number of carbonyl (C=O) groups excluding carboxylic acids is 1. The first-order valence-electron chi connectivity index (χ1n) is 5.68. The monoisotopic (exact) mass is 257 g/mol. The average molecular weight is 257 g/mol. The largest absolute Gasteiger partial charge is 0.508 e. The summed E-state index contributed by atoms with van der Waals surface area (Å²) in [6.45, 7) is 0. The van der Waals surface area contributed by atoms with Crippen molar-refractivity contribution in [2.24, 2.45) is 0 Å². The lowest BCUT2D eigenvalue weighted by molar-refractivity contribution is -0.111. The van der Waals surface area contributed by atoms with Gasteiger partial charge in [-0.25, -0.2) is 4.39 Å². The second kappa shape index (κ2) is 5.82. The predicted octanol–water partition coefficient (Wildman–Crippen LogP) is 3.18. The highest BCUT2D eigenvalue weighted by Gasteiger charge is 1.99. The van der Waals surface area contributed by atoms with Crippen LogP contribution >= 0.6 is 0 Å². The number of nitrogens with one attached hydrogen (secondary N) is 1. The van der Waals surface area contributed by atoms with Crippen LogP contribution in [0.15, 0.2) is 54.6 Å². The molecule has 0 atom stereocenters. The molecule has 0 aromatic heterocycles. The Hall–Kier alpha value is -2.62. The number of rotatable bonds is 3. The highest BCUT2D eigenvalue weighted by Crippen LogP contribution is 2.14. The van der Waals surface area contributed by atoms with Crippen molar-refractivity contribution in [3.8, 4) is 5.75 Å². The van der Waals surface area contributed by atoms with E-state index in [0.29, 0.717) is 11.3 Å². The predicted molar refractivity (Wildman–Crippen MR) is 72.2 cm³/mol. The lowest BCUT2D eigenvalue weighted by atomic mass is 10.2. The van der Waals surface area contributed by atoms with Crippen molar-refractivity contribution in [1.29, 1.82) is 0 Å². The Labute approximate surface area is 110 Å². The van der Waals surface area contributed by atoms with E-state index in [1.807, 2.05) is 0 Å². The molecule has 0 saturated heterocycles. The van der Waals surface area contributed by atoms with Crippen molar-refractivity contribution in [3.63, 3.8) is 0 Å². The fourth-order valence-electron chi connectivity index (χ4n) is 1.50. The normalized spacial score (nSPS) is 10.6. The van der Waals surface area contributed by atoms with E-state index in [4.69, 9.17) is 5.11 Å². The maximum Gasteiger partial charge on any atom is 0.248 e. The second-order valence-corrected chi connectivity index (χ2v) is 3.89. The van der Waals surface area contributed by atoms with Crippen LogP contribution in [-0.4, -0.2) is 11.0 Å². The zero-order valence-electron chi connectivity index (χ0n) is 10.0. The number of anilines is 1. The Bertz CT molecular complexity index is 606. The lowest BCUT2D eigenvalue weighted by Crippen LogP contribution is -2.07. The molecule has 3 nitrogen and oxygen atoms in total. The van der Waals surface area contributed by atoms with E-state index in [2.05, 4.69) is 5.32 Å². The fraction of sp³-hybridized carbons (Fsp3) is 0. The van der Waals surface area contributed by atoms with Gasteiger partial charge in [-0.05, 0) is 36.4 Å². The van der Waals surface area contributed by atoms with E-state index in [-0.39, 0.29) is 17.5 Å². The molecule has 2 rings (SSSR count). The molecule has 0 bridgehead atoms. The van der Waals surface area contributed by atoms with E-state index in [0.717, 1.165) is 0 Å². The molecular formula is C15H12FNO2. The summed E-state index contributed by atoms with van der Waals surface area (Å²) in [4.78, 5) is 11.6. The smallest absolute Gasteiger partial charge is 0.248 e. The molecule has 19 heavy (non-hydrogen) atoms. The van der Waals surface area contributed by atoms with Crippen LogP contribution in [0.2, 0.25) is 0 Å². The third-order valence-electron chi connectivity index (χ3n) is 2.45. The Balaban J connectivity index is 2.02. The SMILES string of the molecule is O=C(/C=C/c1ccccc1F)Nc1ccc(O)cc1. The molecule has 4 heteroatoms. The number of carbonyl (C=O) groups is 1. The van der Waals surface area contributed by atoms with Crippen LogP contribution in [0.4, 0.5) is 10.1 Å². The van der Waals surface area contributed by atoms with Gasteiger partial charge in [-0.3, -0.25) is 4.79 Å². The Morgan fingerprint density at radius 3 is 2.47 bits per heavy atom. The minimum atomic E-state index is -0.379. The molecule has 1 amide bonds. The number of phenols is 1. The first kappa shape index (κ1) is 12.8. The molecule has 0 aliphatic rings. The van der Waals surface area contributed by atoms with Gasteiger partial charge < -0.3 is 10.4 Å². The quantitative estimate of drug-likeness (QED) is 0.655. The van der Waals surface area contributed by atoms with Gasteiger partial charge in [0.05, 0.1) is 0 Å². The zero-order chi connectivity index (χ0) is 13.7. The summed E-state index contributed by atoms with van der Waals surface area (Å²) >= 11 is 0. The van der Waals surface area contributed by atoms with Crippen molar-refractivity contribution < 1.29 is 14.3 Å². The van der Waals surface area contributed by atoms with Gasteiger partial charge >= 0.3 is 0 Å². The van der Waals surface area contributed by atoms with Gasteiger partial charge in [0, 0.05) is 17.3 Å². The molecule has 0 aliphatic heterocycles. The van der Waals surface area contributed by atoms with Crippen LogP contribution in [0.1, 0.15) is 5.56 Å². The van der Waals surface area contributed by atoms with E-state index < -0.39 is 0 Å². The van der Waals surface area contributed by atoms with E-state index in [1.54, 1.807) is 30.3 Å². The van der Waals surface area contributed by atoms with Crippen LogP contribution in [0.3, 0.4) is 0 Å². The fourth-order valence-corrected chi connectivity index (χ4v) is 1.50. The zero-order valence-corrected chi connectivity index (χ0v) is 10.0. The molecule has 0 saturated carbocycles. The minimum Gasteiger partial charge on any atom is -0.508 e. The number of amides is 1. The van der Waals surface area contributed by atoms with Gasteiger partial charge in [0.1, 0.15) is 11.6 Å². The van der Waals surface area contributed by atoms with Gasteiger partial charge in [0.2, 0.25) is 5.91 Å². The average Bonchev–Trinajstić information content (AvgIpc) is 2.40. The van der Waals surface area contributed by atoms with Crippen LogP contribution in [0.25, 0.3) is 6.08 Å². The maximum atomic E-state index is 13.3. The Kier molecular flexibility index (Phi) is 3.93. The van der Waals surface area contributed by atoms with Crippen molar-refractivity contribution >= 4 is 17.7 Å². The molecule has 2 aromatic rings. The summed E-state index contributed by atoms with van der Waals surface area (Å²) in [5, 5.41) is 11.7. The number of benzene rings is 2. The first-order chi connectivity index (χ1) is 9.15. The van der Waals surface area contributed by atoms with E-state index in [1.165, 1.54) is 30.4 Å². The third kappa shape index (κ3) is 3.67. The van der Waals surface area contributed by atoms with Crippen molar-refractivity contribution in [1.82, 2.24) is 0 Å². The van der Waals surface area contributed by atoms with Crippen molar-refractivity contribution in [3.05, 3.63) is 66.0 Å². The van der Waals surface area contributed by atoms with Gasteiger partial charge in [0.25, 0.3) is 0 Å². The van der Waals surface area contributed by atoms with Crippen LogP contribution < -0.4 is 5.32 Å². The van der Waals surface area contributed by atoms with Crippen LogP contribution in [0.5, 0.6) is 5.75 Å². The highest BCUT2D eigenvalue weighted by atomic mass is 19.1. The topological polar surface area (TPSA) is 49.3 Å². The van der Waals surface area contributed by atoms with Gasteiger partial charge in [0.15, 0.2) is 0 Å². The summed E-state index contributed by atoms with van der Waals surface area (Å²) in [6.07, 6.45) is 2.66. The molecule has 0 heterocycles.